The summed E-state index contributed by atoms with van der Waals surface area (Å²) in [5.74, 6) is 2.18. The standard InChI is InChI=1S/C18H20ClN5O/c1-25-15-4-2-3-14(11-15)21-10-9-16-22-18(24-23-16)17(20)12-5-7-13(19)8-6-12/h2-8,11,17,21H,9-10,20H2,1H3,(H,22,23,24)/t17-/m1/s1. The molecule has 0 radical (unpaired) electrons. The van der Waals surface area contributed by atoms with Crippen LogP contribution in [0.3, 0.4) is 0 Å². The van der Waals surface area contributed by atoms with E-state index in [4.69, 9.17) is 22.1 Å². The van der Waals surface area contributed by atoms with Crippen LogP contribution in [0.5, 0.6) is 5.75 Å². The van der Waals surface area contributed by atoms with Gasteiger partial charge in [-0.2, -0.15) is 5.10 Å². The van der Waals surface area contributed by atoms with E-state index >= 15 is 0 Å². The summed E-state index contributed by atoms with van der Waals surface area (Å²) in [5.41, 5.74) is 8.13. The number of ether oxygens (including phenoxy) is 1. The van der Waals surface area contributed by atoms with Crippen LogP contribution in [0.1, 0.15) is 23.3 Å². The molecule has 130 valence electrons. The first kappa shape index (κ1) is 17.3. The van der Waals surface area contributed by atoms with Crippen molar-refractivity contribution in [2.75, 3.05) is 19.0 Å². The van der Waals surface area contributed by atoms with Gasteiger partial charge in [-0.05, 0) is 29.8 Å². The highest BCUT2D eigenvalue weighted by Crippen LogP contribution is 2.19. The van der Waals surface area contributed by atoms with Crippen molar-refractivity contribution in [3.05, 3.63) is 70.8 Å². The lowest BCUT2D eigenvalue weighted by molar-refractivity contribution is 0.415. The van der Waals surface area contributed by atoms with Gasteiger partial charge in [0.05, 0.1) is 13.2 Å². The quantitative estimate of drug-likeness (QED) is 0.604. The summed E-state index contributed by atoms with van der Waals surface area (Å²) >= 11 is 5.90. The zero-order valence-corrected chi connectivity index (χ0v) is 14.6. The SMILES string of the molecule is COc1cccc(NCCc2nc([C@H](N)c3ccc(Cl)cc3)n[nH]2)c1. The molecule has 0 fully saturated rings. The molecule has 0 aliphatic heterocycles. The molecule has 6 nitrogen and oxygen atoms in total. The molecule has 0 aliphatic rings. The topological polar surface area (TPSA) is 88.8 Å². The van der Waals surface area contributed by atoms with Crippen LogP contribution in [0.2, 0.25) is 5.02 Å². The molecule has 1 atom stereocenters. The third kappa shape index (κ3) is 4.49. The summed E-state index contributed by atoms with van der Waals surface area (Å²) in [6, 6.07) is 14.8. The smallest absolute Gasteiger partial charge is 0.171 e. The fraction of sp³-hybridized carbons (Fsp3) is 0.222. The average Bonchev–Trinajstić information content (AvgIpc) is 3.11. The van der Waals surface area contributed by atoms with E-state index in [-0.39, 0.29) is 6.04 Å². The number of benzene rings is 2. The predicted molar refractivity (Wildman–Crippen MR) is 99.1 cm³/mol. The molecule has 0 saturated heterocycles. The Labute approximate surface area is 151 Å². The molecule has 0 amide bonds. The van der Waals surface area contributed by atoms with E-state index in [1.54, 1.807) is 7.11 Å². The number of aromatic amines is 1. The van der Waals surface area contributed by atoms with Crippen LogP contribution < -0.4 is 15.8 Å². The number of nitrogens with one attached hydrogen (secondary N) is 2. The number of hydrogen-bond donors (Lipinski definition) is 3. The molecular formula is C18H20ClN5O. The fourth-order valence-electron chi connectivity index (χ4n) is 2.44. The Morgan fingerprint density at radius 1 is 1.24 bits per heavy atom. The highest BCUT2D eigenvalue weighted by molar-refractivity contribution is 6.30. The molecule has 3 aromatic rings. The molecule has 0 saturated carbocycles. The predicted octanol–water partition coefficient (Wildman–Crippen LogP) is 3.17. The lowest BCUT2D eigenvalue weighted by atomic mass is 10.1. The molecular weight excluding hydrogens is 338 g/mol. The molecule has 7 heteroatoms. The highest BCUT2D eigenvalue weighted by Gasteiger charge is 2.14. The summed E-state index contributed by atoms with van der Waals surface area (Å²) in [7, 11) is 1.65. The third-order valence-corrected chi connectivity index (χ3v) is 4.07. The molecule has 1 aromatic heterocycles. The number of anilines is 1. The van der Waals surface area contributed by atoms with Crippen molar-refractivity contribution >= 4 is 17.3 Å². The molecule has 3 rings (SSSR count). The van der Waals surface area contributed by atoms with Gasteiger partial charge in [-0.1, -0.05) is 29.8 Å². The van der Waals surface area contributed by atoms with Gasteiger partial charge >= 0.3 is 0 Å². The highest BCUT2D eigenvalue weighted by atomic mass is 35.5. The van der Waals surface area contributed by atoms with Crippen LogP contribution in [-0.2, 0) is 6.42 Å². The Bertz CT molecular complexity index is 818. The molecule has 25 heavy (non-hydrogen) atoms. The van der Waals surface area contributed by atoms with Gasteiger partial charge < -0.3 is 15.8 Å². The monoisotopic (exact) mass is 357 g/mol. The number of methoxy groups -OCH3 is 1. The van der Waals surface area contributed by atoms with E-state index in [9.17, 15) is 0 Å². The zero-order valence-electron chi connectivity index (χ0n) is 13.9. The van der Waals surface area contributed by atoms with Crippen molar-refractivity contribution in [1.29, 1.82) is 0 Å². The van der Waals surface area contributed by atoms with Crippen LogP contribution in [-0.4, -0.2) is 28.8 Å². The molecule has 4 N–H and O–H groups in total. The summed E-state index contributed by atoms with van der Waals surface area (Å²) in [6.07, 6.45) is 0.706. The van der Waals surface area contributed by atoms with Gasteiger partial charge in [0.1, 0.15) is 11.6 Å². The largest absolute Gasteiger partial charge is 0.497 e. The van der Waals surface area contributed by atoms with Crippen molar-refractivity contribution in [3.63, 3.8) is 0 Å². The maximum absolute atomic E-state index is 6.21. The van der Waals surface area contributed by atoms with E-state index in [1.807, 2.05) is 48.5 Å². The average molecular weight is 358 g/mol. The van der Waals surface area contributed by atoms with Gasteiger partial charge in [0, 0.05) is 29.7 Å². The number of halogens is 1. The van der Waals surface area contributed by atoms with Crippen LogP contribution >= 0.6 is 11.6 Å². The maximum Gasteiger partial charge on any atom is 0.171 e. The first-order valence-electron chi connectivity index (χ1n) is 7.96. The van der Waals surface area contributed by atoms with Crippen molar-refractivity contribution in [1.82, 2.24) is 15.2 Å². The Hall–Kier alpha value is -2.57. The molecule has 1 heterocycles. The second kappa shape index (κ2) is 8.00. The molecule has 0 aliphatic carbocycles. The Kier molecular flexibility index (Phi) is 5.53. The second-order valence-electron chi connectivity index (χ2n) is 5.58. The minimum atomic E-state index is -0.381. The van der Waals surface area contributed by atoms with E-state index in [0.29, 0.717) is 17.3 Å². The number of H-pyrrole nitrogens is 1. The Morgan fingerprint density at radius 3 is 2.80 bits per heavy atom. The van der Waals surface area contributed by atoms with Crippen LogP contribution in [0.4, 0.5) is 5.69 Å². The normalized spacial score (nSPS) is 12.0. The summed E-state index contributed by atoms with van der Waals surface area (Å²) in [5, 5.41) is 11.2. The van der Waals surface area contributed by atoms with Crippen molar-refractivity contribution in [2.24, 2.45) is 5.73 Å². The van der Waals surface area contributed by atoms with Gasteiger partial charge in [-0.15, -0.1) is 0 Å². The molecule has 0 bridgehead atoms. The lowest BCUT2D eigenvalue weighted by Gasteiger charge is -2.08. The van der Waals surface area contributed by atoms with Crippen molar-refractivity contribution < 1.29 is 4.74 Å². The number of aromatic nitrogens is 3. The summed E-state index contributed by atoms with van der Waals surface area (Å²) in [6.45, 7) is 0.720. The van der Waals surface area contributed by atoms with Gasteiger partial charge in [0.25, 0.3) is 0 Å². The van der Waals surface area contributed by atoms with Gasteiger partial charge in [-0.3, -0.25) is 5.10 Å². The maximum atomic E-state index is 6.21. The number of rotatable bonds is 7. The summed E-state index contributed by atoms with van der Waals surface area (Å²) < 4.78 is 5.21. The first-order chi connectivity index (χ1) is 12.2. The summed E-state index contributed by atoms with van der Waals surface area (Å²) in [4.78, 5) is 4.48. The van der Waals surface area contributed by atoms with Crippen molar-refractivity contribution in [3.8, 4) is 5.75 Å². The lowest BCUT2D eigenvalue weighted by Crippen LogP contribution is -2.13. The first-order valence-corrected chi connectivity index (χ1v) is 8.33. The van der Waals surface area contributed by atoms with Gasteiger partial charge in [0.2, 0.25) is 0 Å². The van der Waals surface area contributed by atoms with E-state index in [2.05, 4.69) is 20.5 Å². The van der Waals surface area contributed by atoms with Crippen LogP contribution in [0.25, 0.3) is 0 Å². The molecule has 0 spiro atoms. The van der Waals surface area contributed by atoms with Crippen molar-refractivity contribution in [2.45, 2.75) is 12.5 Å². The van der Waals surface area contributed by atoms with Crippen LogP contribution in [0.15, 0.2) is 48.5 Å². The number of hydrogen-bond acceptors (Lipinski definition) is 5. The fourth-order valence-corrected chi connectivity index (χ4v) is 2.56. The van der Waals surface area contributed by atoms with E-state index < -0.39 is 0 Å². The molecule has 0 unspecified atom stereocenters. The third-order valence-electron chi connectivity index (χ3n) is 3.82. The minimum absolute atomic E-state index is 0.381. The zero-order chi connectivity index (χ0) is 17.6. The number of nitrogens with zero attached hydrogens (tertiary/aromatic N) is 2. The Balaban J connectivity index is 1.57. The van der Waals surface area contributed by atoms with Crippen LogP contribution in [0, 0.1) is 0 Å². The van der Waals surface area contributed by atoms with E-state index in [0.717, 1.165) is 29.4 Å². The Morgan fingerprint density at radius 2 is 2.04 bits per heavy atom. The van der Waals surface area contributed by atoms with Gasteiger partial charge in [0.15, 0.2) is 5.82 Å². The minimum Gasteiger partial charge on any atom is -0.497 e. The van der Waals surface area contributed by atoms with E-state index in [1.165, 1.54) is 0 Å². The second-order valence-corrected chi connectivity index (χ2v) is 6.01. The molecule has 2 aromatic carbocycles. The number of nitrogens with two attached hydrogens (primary N) is 1. The van der Waals surface area contributed by atoms with Gasteiger partial charge in [-0.25, -0.2) is 4.98 Å².